The number of hydrogen-bond donors (Lipinski definition) is 3. The summed E-state index contributed by atoms with van der Waals surface area (Å²) in [5, 5.41) is 13.9. The number of nitrogens with zero attached hydrogens (tertiary/aromatic N) is 1. The van der Waals surface area contributed by atoms with E-state index in [0.29, 0.717) is 17.4 Å². The van der Waals surface area contributed by atoms with Gasteiger partial charge in [0.1, 0.15) is 13.2 Å². The minimum Gasteiger partial charge on any atom is -0.387 e. The van der Waals surface area contributed by atoms with Crippen molar-refractivity contribution in [1.82, 2.24) is 5.32 Å². The fourth-order valence-corrected chi connectivity index (χ4v) is 8.75. The number of phosphoric acid groups is 1. The van der Waals surface area contributed by atoms with Gasteiger partial charge in [-0.25, -0.2) is 4.57 Å². The SMILES string of the molecule is CC/C=C\C/C=C\C/C=C\C/C=C\C/C=C\CCCCCCCCCCCCCCCCCCCC(=O)NC(COP(=O)(O)OCC[N+](C)(C)C)C(O)/C=C/CCCCCCCCCCCCC. The molecule has 3 unspecified atom stereocenters. The molecule has 9 heteroatoms. The molecule has 3 N–H and O–H groups in total. The third-order valence-corrected chi connectivity index (χ3v) is 13.4. The van der Waals surface area contributed by atoms with E-state index in [4.69, 9.17) is 9.05 Å². The van der Waals surface area contributed by atoms with E-state index in [1.807, 2.05) is 27.2 Å². The molecule has 0 aromatic carbocycles. The van der Waals surface area contributed by atoms with Crippen LogP contribution >= 0.6 is 7.82 Å². The minimum absolute atomic E-state index is 0.0605. The Kier molecular flexibility index (Phi) is 48.4. The van der Waals surface area contributed by atoms with Gasteiger partial charge in [0.05, 0.1) is 39.9 Å². The molecule has 0 fully saturated rings. The molecular weight excluding hydrogens is 864 g/mol. The second kappa shape index (κ2) is 49.9. The predicted molar refractivity (Wildman–Crippen MR) is 295 cm³/mol. The van der Waals surface area contributed by atoms with Crippen LogP contribution in [-0.4, -0.2) is 73.4 Å². The Hall–Kier alpha value is -2.06. The van der Waals surface area contributed by atoms with Crippen molar-refractivity contribution < 1.29 is 32.9 Å². The second-order valence-electron chi connectivity index (χ2n) is 20.3. The highest BCUT2D eigenvalue weighted by molar-refractivity contribution is 7.47. The molecule has 0 radical (unpaired) electrons. The van der Waals surface area contributed by atoms with Gasteiger partial charge in [0.2, 0.25) is 5.91 Å². The Labute approximate surface area is 421 Å². The molecule has 0 bridgehead atoms. The number of aliphatic hydroxyl groups excluding tert-OH is 1. The van der Waals surface area contributed by atoms with E-state index in [0.717, 1.165) is 70.6 Å². The summed E-state index contributed by atoms with van der Waals surface area (Å²) in [5.41, 5.74) is 0. The highest BCUT2D eigenvalue weighted by Crippen LogP contribution is 2.43. The summed E-state index contributed by atoms with van der Waals surface area (Å²) in [6, 6.07) is -0.847. The maximum absolute atomic E-state index is 13.0. The zero-order valence-electron chi connectivity index (χ0n) is 45.1. The number of aliphatic hydroxyl groups is 1. The van der Waals surface area contributed by atoms with Gasteiger partial charge in [-0.15, -0.1) is 0 Å². The summed E-state index contributed by atoms with van der Waals surface area (Å²) >= 11 is 0. The number of rotatable bonds is 51. The van der Waals surface area contributed by atoms with E-state index in [1.165, 1.54) is 154 Å². The van der Waals surface area contributed by atoms with E-state index in [1.54, 1.807) is 6.08 Å². The maximum Gasteiger partial charge on any atom is 0.472 e. The Morgan fingerprint density at radius 1 is 0.515 bits per heavy atom. The first kappa shape index (κ1) is 65.9. The van der Waals surface area contributed by atoms with E-state index < -0.39 is 20.0 Å². The Morgan fingerprint density at radius 2 is 0.882 bits per heavy atom. The number of unbranched alkanes of at least 4 members (excludes halogenated alkanes) is 28. The number of nitrogens with one attached hydrogen (secondary N) is 1. The Bertz CT molecular complexity index is 1330. The summed E-state index contributed by atoms with van der Waals surface area (Å²) in [7, 11) is 1.57. The predicted octanol–water partition coefficient (Wildman–Crippen LogP) is 17.1. The molecule has 0 aliphatic carbocycles. The maximum atomic E-state index is 13.0. The summed E-state index contributed by atoms with van der Waals surface area (Å²) in [4.78, 5) is 23.2. The molecular formula is C59H110N2O6P+. The van der Waals surface area contributed by atoms with Gasteiger partial charge in [0.15, 0.2) is 0 Å². The average Bonchev–Trinajstić information content (AvgIpc) is 3.30. The zero-order chi connectivity index (χ0) is 49.9. The molecule has 68 heavy (non-hydrogen) atoms. The second-order valence-corrected chi connectivity index (χ2v) is 21.7. The van der Waals surface area contributed by atoms with Crippen molar-refractivity contribution in [3.05, 3.63) is 72.9 Å². The third-order valence-electron chi connectivity index (χ3n) is 12.4. The molecule has 1 amide bonds. The lowest BCUT2D eigenvalue weighted by molar-refractivity contribution is -0.870. The van der Waals surface area contributed by atoms with Crippen LogP contribution in [0.1, 0.15) is 245 Å². The molecule has 0 aliphatic rings. The van der Waals surface area contributed by atoms with Crippen LogP contribution in [0.5, 0.6) is 0 Å². The van der Waals surface area contributed by atoms with Gasteiger partial charge >= 0.3 is 7.82 Å². The molecule has 0 aliphatic heterocycles. The normalized spacial score (nSPS) is 14.5. The van der Waals surface area contributed by atoms with Crippen LogP contribution in [-0.2, 0) is 18.4 Å². The zero-order valence-corrected chi connectivity index (χ0v) is 46.0. The summed E-state index contributed by atoms with van der Waals surface area (Å²) in [6.45, 7) is 4.70. The van der Waals surface area contributed by atoms with E-state index in [-0.39, 0.29) is 19.1 Å². The first-order valence-corrected chi connectivity index (χ1v) is 29.8. The largest absolute Gasteiger partial charge is 0.472 e. The summed E-state index contributed by atoms with van der Waals surface area (Å²) in [6.07, 6.45) is 68.6. The van der Waals surface area contributed by atoms with Gasteiger partial charge in [-0.3, -0.25) is 13.8 Å². The summed E-state index contributed by atoms with van der Waals surface area (Å²) < 4.78 is 23.7. The number of phosphoric ester groups is 1. The Morgan fingerprint density at radius 3 is 1.29 bits per heavy atom. The van der Waals surface area contributed by atoms with Crippen LogP contribution < -0.4 is 5.32 Å². The third kappa shape index (κ3) is 51.8. The standard InChI is InChI=1S/C59H109N2O6P/c1-6-8-10-12-14-16-18-20-21-22-23-24-25-26-27-28-29-30-31-32-33-34-35-36-37-38-39-41-43-45-47-49-51-53-59(63)60-57(56-67-68(64,65)66-55-54-61(3,4)5)58(62)52-50-48-46-44-42-40-19-17-15-13-11-9-7-2/h8,10,14,16,20-21,23-24,26-27,50,52,57-58,62H,6-7,9,11-13,15,17-19,22,25,28-49,51,53-56H2,1-5H3,(H-,60,63,64,65)/p+1/b10-8-,16-14-,21-20-,24-23-,27-26-,52-50+. The van der Waals surface area contributed by atoms with Crippen molar-refractivity contribution in [2.24, 2.45) is 0 Å². The van der Waals surface area contributed by atoms with Crippen molar-refractivity contribution in [2.45, 2.75) is 257 Å². The molecule has 0 spiro atoms. The summed E-state index contributed by atoms with van der Waals surface area (Å²) in [5.74, 6) is -0.178. The van der Waals surface area contributed by atoms with Crippen LogP contribution in [0.25, 0.3) is 0 Å². The number of carbonyl (C=O) groups is 1. The number of likely N-dealkylation sites (N-methyl/N-ethyl adjacent to an activating group) is 1. The van der Waals surface area contributed by atoms with Crippen LogP contribution in [0.15, 0.2) is 72.9 Å². The first-order valence-electron chi connectivity index (χ1n) is 28.3. The van der Waals surface area contributed by atoms with E-state index in [9.17, 15) is 19.4 Å². The van der Waals surface area contributed by atoms with E-state index >= 15 is 0 Å². The minimum atomic E-state index is -4.34. The van der Waals surface area contributed by atoms with Crippen molar-refractivity contribution >= 4 is 13.7 Å². The Balaban J connectivity index is 4.05. The fourth-order valence-electron chi connectivity index (χ4n) is 8.01. The molecule has 0 rings (SSSR count). The molecule has 0 saturated carbocycles. The molecule has 8 nitrogen and oxygen atoms in total. The number of amides is 1. The molecule has 396 valence electrons. The topological polar surface area (TPSA) is 105 Å². The number of allylic oxidation sites excluding steroid dienone is 11. The van der Waals surface area contributed by atoms with Crippen LogP contribution in [0.3, 0.4) is 0 Å². The smallest absolute Gasteiger partial charge is 0.387 e. The first-order chi connectivity index (χ1) is 33.0. The van der Waals surface area contributed by atoms with Crippen molar-refractivity contribution in [3.63, 3.8) is 0 Å². The van der Waals surface area contributed by atoms with Gasteiger partial charge in [0, 0.05) is 6.42 Å². The van der Waals surface area contributed by atoms with Crippen molar-refractivity contribution in [3.8, 4) is 0 Å². The van der Waals surface area contributed by atoms with Crippen LogP contribution in [0.2, 0.25) is 0 Å². The van der Waals surface area contributed by atoms with Crippen molar-refractivity contribution in [2.75, 3.05) is 40.9 Å². The van der Waals surface area contributed by atoms with Gasteiger partial charge in [-0.1, -0.05) is 247 Å². The monoisotopic (exact) mass is 974 g/mol. The lowest BCUT2D eigenvalue weighted by atomic mass is 10.0. The number of hydrogen-bond acceptors (Lipinski definition) is 5. The van der Waals surface area contributed by atoms with Gasteiger partial charge in [-0.05, 0) is 64.2 Å². The van der Waals surface area contributed by atoms with Gasteiger partial charge < -0.3 is 19.8 Å². The van der Waals surface area contributed by atoms with E-state index in [2.05, 4.69) is 79.9 Å². The molecule has 0 aromatic heterocycles. The quantitative estimate of drug-likeness (QED) is 0.0243. The number of carbonyl (C=O) groups excluding carboxylic acids is 1. The molecule has 0 saturated heterocycles. The highest BCUT2D eigenvalue weighted by Gasteiger charge is 2.27. The average molecular weight is 975 g/mol. The molecule has 3 atom stereocenters. The lowest BCUT2D eigenvalue weighted by Crippen LogP contribution is -2.45. The lowest BCUT2D eigenvalue weighted by Gasteiger charge is -2.25. The van der Waals surface area contributed by atoms with Crippen molar-refractivity contribution in [1.29, 1.82) is 0 Å². The molecule has 0 aromatic rings. The fraction of sp³-hybridized carbons (Fsp3) is 0.780. The van der Waals surface area contributed by atoms with Gasteiger partial charge in [-0.2, -0.15) is 0 Å². The molecule has 0 heterocycles. The number of quaternary nitrogens is 1. The highest BCUT2D eigenvalue weighted by atomic mass is 31.2. The van der Waals surface area contributed by atoms with Crippen LogP contribution in [0, 0.1) is 0 Å². The van der Waals surface area contributed by atoms with Crippen LogP contribution in [0.4, 0.5) is 0 Å². The van der Waals surface area contributed by atoms with Gasteiger partial charge in [0.25, 0.3) is 0 Å².